The van der Waals surface area contributed by atoms with Crippen molar-refractivity contribution in [3.05, 3.63) is 65.2 Å². The van der Waals surface area contributed by atoms with Gasteiger partial charge in [0.15, 0.2) is 11.6 Å². The summed E-state index contributed by atoms with van der Waals surface area (Å²) in [5.41, 5.74) is 1.15. The molecule has 0 bridgehead atoms. The van der Waals surface area contributed by atoms with Gasteiger partial charge in [-0.1, -0.05) is 30.0 Å². The summed E-state index contributed by atoms with van der Waals surface area (Å²) in [6, 6.07) is 10.7. The summed E-state index contributed by atoms with van der Waals surface area (Å²) < 4.78 is 31.4. The Kier molecular flexibility index (Phi) is 4.70. The molecule has 0 aliphatic rings. The lowest BCUT2D eigenvalue weighted by Gasteiger charge is -2.08. The summed E-state index contributed by atoms with van der Waals surface area (Å²) in [6.45, 7) is -0.132. The van der Waals surface area contributed by atoms with Crippen LogP contribution in [0.25, 0.3) is 0 Å². The number of aliphatic hydroxyl groups excluding tert-OH is 1. The maximum absolute atomic E-state index is 13.1. The van der Waals surface area contributed by atoms with Gasteiger partial charge in [0.05, 0.1) is 5.56 Å². The van der Waals surface area contributed by atoms with Crippen LogP contribution in [0.15, 0.2) is 42.5 Å². The third kappa shape index (κ3) is 3.56. The van der Waals surface area contributed by atoms with Gasteiger partial charge in [0.25, 0.3) is 0 Å². The van der Waals surface area contributed by atoms with Crippen LogP contribution in [-0.4, -0.2) is 11.7 Å². The monoisotopic (exact) mass is 274 g/mol. The number of benzene rings is 2. The molecule has 0 saturated heterocycles. The van der Waals surface area contributed by atoms with Crippen LogP contribution < -0.4 is 4.74 Å². The van der Waals surface area contributed by atoms with Gasteiger partial charge >= 0.3 is 0 Å². The molecule has 0 aromatic heterocycles. The molecule has 20 heavy (non-hydrogen) atoms. The SMILES string of the molecule is OCC#Cc1ccccc1OCc1ccc(F)c(F)c1. The van der Waals surface area contributed by atoms with Gasteiger partial charge in [0.1, 0.15) is 19.0 Å². The smallest absolute Gasteiger partial charge is 0.159 e. The van der Waals surface area contributed by atoms with E-state index in [4.69, 9.17) is 9.84 Å². The molecule has 2 nitrogen and oxygen atoms in total. The number of para-hydroxylation sites is 1. The highest BCUT2D eigenvalue weighted by molar-refractivity contribution is 5.46. The lowest BCUT2D eigenvalue weighted by Crippen LogP contribution is -1.98. The predicted molar refractivity (Wildman–Crippen MR) is 71.1 cm³/mol. The van der Waals surface area contributed by atoms with Crippen LogP contribution in [0, 0.1) is 23.5 Å². The molecule has 0 atom stereocenters. The van der Waals surface area contributed by atoms with Gasteiger partial charge < -0.3 is 9.84 Å². The molecule has 0 unspecified atom stereocenters. The standard InChI is InChI=1S/C16H12F2O2/c17-14-8-7-12(10-15(14)18)11-20-16-6-2-1-4-13(16)5-3-9-19/h1-2,4,6-8,10,19H,9,11H2. The average Bonchev–Trinajstić information content (AvgIpc) is 2.47. The van der Waals surface area contributed by atoms with Crippen molar-refractivity contribution in [3.63, 3.8) is 0 Å². The van der Waals surface area contributed by atoms with Gasteiger partial charge in [0, 0.05) is 0 Å². The average molecular weight is 274 g/mol. The zero-order valence-electron chi connectivity index (χ0n) is 10.6. The second kappa shape index (κ2) is 6.69. The largest absolute Gasteiger partial charge is 0.488 e. The quantitative estimate of drug-likeness (QED) is 0.872. The molecule has 0 fully saturated rings. The molecule has 2 aromatic carbocycles. The Labute approximate surface area is 115 Å². The summed E-state index contributed by atoms with van der Waals surface area (Å²) in [4.78, 5) is 0. The topological polar surface area (TPSA) is 29.5 Å². The number of ether oxygens (including phenoxy) is 1. The fourth-order valence-electron chi connectivity index (χ4n) is 1.62. The van der Waals surface area contributed by atoms with Crippen molar-refractivity contribution >= 4 is 0 Å². The maximum atomic E-state index is 13.1. The van der Waals surface area contributed by atoms with Crippen LogP contribution in [0.1, 0.15) is 11.1 Å². The van der Waals surface area contributed by atoms with E-state index in [0.29, 0.717) is 16.9 Å². The van der Waals surface area contributed by atoms with Crippen LogP contribution in [0.5, 0.6) is 5.75 Å². The summed E-state index contributed by atoms with van der Waals surface area (Å²) >= 11 is 0. The summed E-state index contributed by atoms with van der Waals surface area (Å²) in [7, 11) is 0. The van der Waals surface area contributed by atoms with Gasteiger partial charge in [-0.2, -0.15) is 0 Å². The molecule has 4 heteroatoms. The van der Waals surface area contributed by atoms with E-state index >= 15 is 0 Å². The number of aliphatic hydroxyl groups is 1. The molecule has 0 saturated carbocycles. The molecule has 0 radical (unpaired) electrons. The lowest BCUT2D eigenvalue weighted by atomic mass is 10.2. The van der Waals surface area contributed by atoms with Crippen LogP contribution in [-0.2, 0) is 6.61 Å². The molecule has 2 aromatic rings. The Morgan fingerprint density at radius 1 is 1.05 bits per heavy atom. The van der Waals surface area contributed by atoms with Crippen LogP contribution >= 0.6 is 0 Å². The van der Waals surface area contributed by atoms with Crippen molar-refractivity contribution < 1.29 is 18.6 Å². The van der Waals surface area contributed by atoms with E-state index in [1.54, 1.807) is 24.3 Å². The first kappa shape index (κ1) is 14.0. The van der Waals surface area contributed by atoms with Crippen molar-refractivity contribution in [2.75, 3.05) is 6.61 Å². The Hall–Kier alpha value is -2.38. The molecule has 0 amide bonds. The van der Waals surface area contributed by atoms with Gasteiger partial charge in [0.2, 0.25) is 0 Å². The zero-order valence-corrected chi connectivity index (χ0v) is 10.6. The summed E-state index contributed by atoms with van der Waals surface area (Å²) in [5.74, 6) is 4.03. The lowest BCUT2D eigenvalue weighted by molar-refractivity contribution is 0.304. The van der Waals surface area contributed by atoms with Crippen molar-refractivity contribution in [1.82, 2.24) is 0 Å². The molecule has 0 spiro atoms. The predicted octanol–water partition coefficient (Wildman–Crippen LogP) is 2.89. The molecule has 1 N–H and O–H groups in total. The molecule has 2 rings (SSSR count). The number of hydrogen-bond acceptors (Lipinski definition) is 2. The van der Waals surface area contributed by atoms with Gasteiger partial charge in [-0.15, -0.1) is 0 Å². The minimum atomic E-state index is -0.903. The molecule has 0 aliphatic heterocycles. The summed E-state index contributed by atoms with van der Waals surface area (Å²) in [5, 5.41) is 8.69. The Morgan fingerprint density at radius 2 is 1.85 bits per heavy atom. The number of hydrogen-bond donors (Lipinski definition) is 1. The highest BCUT2D eigenvalue weighted by atomic mass is 19.2. The van der Waals surface area contributed by atoms with Crippen LogP contribution in [0.4, 0.5) is 8.78 Å². The molecular formula is C16H12F2O2. The Bertz CT molecular complexity index is 657. The fourth-order valence-corrected chi connectivity index (χ4v) is 1.62. The first-order valence-corrected chi connectivity index (χ1v) is 5.96. The van der Waals surface area contributed by atoms with E-state index in [1.807, 2.05) is 0 Å². The summed E-state index contributed by atoms with van der Waals surface area (Å²) in [6.07, 6.45) is 0. The third-order valence-electron chi connectivity index (χ3n) is 2.57. The van der Waals surface area contributed by atoms with Crippen molar-refractivity contribution in [2.45, 2.75) is 6.61 Å². The van der Waals surface area contributed by atoms with Gasteiger partial charge in [-0.25, -0.2) is 8.78 Å². The van der Waals surface area contributed by atoms with Crippen molar-refractivity contribution in [1.29, 1.82) is 0 Å². The first-order valence-electron chi connectivity index (χ1n) is 5.96. The highest BCUT2D eigenvalue weighted by Gasteiger charge is 2.04. The highest BCUT2D eigenvalue weighted by Crippen LogP contribution is 2.19. The Balaban J connectivity index is 2.12. The fraction of sp³-hybridized carbons (Fsp3) is 0.125. The first-order chi connectivity index (χ1) is 9.70. The molecule has 102 valence electrons. The van der Waals surface area contributed by atoms with Crippen molar-refractivity contribution in [2.24, 2.45) is 0 Å². The zero-order chi connectivity index (χ0) is 14.4. The van der Waals surface area contributed by atoms with E-state index < -0.39 is 11.6 Å². The van der Waals surface area contributed by atoms with E-state index in [1.165, 1.54) is 6.07 Å². The van der Waals surface area contributed by atoms with E-state index in [0.717, 1.165) is 12.1 Å². The molecule has 0 aliphatic carbocycles. The minimum absolute atomic E-state index is 0.106. The van der Waals surface area contributed by atoms with Gasteiger partial charge in [-0.3, -0.25) is 0 Å². The van der Waals surface area contributed by atoms with Crippen LogP contribution in [0.3, 0.4) is 0 Å². The molecule has 0 heterocycles. The normalized spacial score (nSPS) is 9.75. The second-order valence-corrected chi connectivity index (χ2v) is 3.99. The molecular weight excluding hydrogens is 262 g/mol. The third-order valence-corrected chi connectivity index (χ3v) is 2.57. The van der Waals surface area contributed by atoms with Gasteiger partial charge in [-0.05, 0) is 29.8 Å². The van der Waals surface area contributed by atoms with E-state index in [-0.39, 0.29) is 13.2 Å². The van der Waals surface area contributed by atoms with E-state index in [9.17, 15) is 8.78 Å². The van der Waals surface area contributed by atoms with Crippen molar-refractivity contribution in [3.8, 4) is 17.6 Å². The maximum Gasteiger partial charge on any atom is 0.159 e. The Morgan fingerprint density at radius 3 is 2.60 bits per heavy atom. The van der Waals surface area contributed by atoms with E-state index in [2.05, 4.69) is 11.8 Å². The van der Waals surface area contributed by atoms with Crippen LogP contribution in [0.2, 0.25) is 0 Å². The number of rotatable bonds is 3. The minimum Gasteiger partial charge on any atom is -0.488 e. The second-order valence-electron chi connectivity index (χ2n) is 3.99. The number of halogens is 2.